The SMILES string of the molecule is CN(C)c1ccc2cc(-c3cc[n+](C)cc3)c(=O)oc2c1.[Br-]. The minimum absolute atomic E-state index is 0. The van der Waals surface area contributed by atoms with Crippen LogP contribution in [0.4, 0.5) is 5.69 Å². The zero-order valence-corrected chi connectivity index (χ0v) is 14.3. The first-order valence-electron chi connectivity index (χ1n) is 6.75. The number of benzene rings is 1. The first kappa shape index (κ1) is 16.2. The minimum Gasteiger partial charge on any atom is -1.00 e. The normalized spacial score (nSPS) is 10.3. The van der Waals surface area contributed by atoms with Gasteiger partial charge in [0, 0.05) is 48.9 Å². The summed E-state index contributed by atoms with van der Waals surface area (Å²) in [5.41, 5.74) is 2.75. The topological polar surface area (TPSA) is 37.3 Å². The number of hydrogen-bond acceptors (Lipinski definition) is 3. The van der Waals surface area contributed by atoms with Crippen molar-refractivity contribution in [2.75, 3.05) is 19.0 Å². The zero-order valence-electron chi connectivity index (χ0n) is 12.7. The van der Waals surface area contributed by atoms with Crippen molar-refractivity contribution in [2.24, 2.45) is 7.05 Å². The number of fused-ring (bicyclic) bond motifs is 1. The van der Waals surface area contributed by atoms with Crippen molar-refractivity contribution in [1.29, 1.82) is 0 Å². The lowest BCUT2D eigenvalue weighted by Gasteiger charge is -2.12. The molecule has 0 aliphatic rings. The Hall–Kier alpha value is -2.14. The standard InChI is InChI=1S/C17H17N2O2.BrH/c1-18(2)14-5-4-13-10-15(17(20)21-16(13)11-14)12-6-8-19(3)9-7-12;/h4-11H,1-3H3;1H/q+1;/p-1. The Labute approximate surface area is 139 Å². The smallest absolute Gasteiger partial charge is 0.344 e. The van der Waals surface area contributed by atoms with E-state index in [2.05, 4.69) is 0 Å². The largest absolute Gasteiger partial charge is 1.00 e. The van der Waals surface area contributed by atoms with Crippen LogP contribution in [0.25, 0.3) is 22.1 Å². The van der Waals surface area contributed by atoms with Crippen LogP contribution in [0.5, 0.6) is 0 Å². The monoisotopic (exact) mass is 360 g/mol. The maximum atomic E-state index is 12.2. The van der Waals surface area contributed by atoms with Gasteiger partial charge < -0.3 is 26.3 Å². The van der Waals surface area contributed by atoms with Gasteiger partial charge in [0.05, 0.1) is 5.56 Å². The third kappa shape index (κ3) is 3.04. The van der Waals surface area contributed by atoms with E-state index < -0.39 is 0 Å². The van der Waals surface area contributed by atoms with Gasteiger partial charge in [0.1, 0.15) is 12.6 Å². The lowest BCUT2D eigenvalue weighted by Crippen LogP contribution is -3.00. The summed E-state index contributed by atoms with van der Waals surface area (Å²) in [5, 5.41) is 0.920. The van der Waals surface area contributed by atoms with Gasteiger partial charge in [-0.15, -0.1) is 0 Å². The third-order valence-corrected chi connectivity index (χ3v) is 3.53. The van der Waals surface area contributed by atoms with Crippen molar-refractivity contribution in [1.82, 2.24) is 0 Å². The molecule has 0 saturated heterocycles. The summed E-state index contributed by atoms with van der Waals surface area (Å²) in [7, 11) is 5.85. The van der Waals surface area contributed by atoms with Gasteiger partial charge >= 0.3 is 5.63 Å². The van der Waals surface area contributed by atoms with Gasteiger partial charge in [0.15, 0.2) is 12.4 Å². The summed E-state index contributed by atoms with van der Waals surface area (Å²) < 4.78 is 7.41. The molecule has 0 fully saturated rings. The number of nitrogens with zero attached hydrogens (tertiary/aromatic N) is 2. The van der Waals surface area contributed by atoms with Crippen LogP contribution in [-0.2, 0) is 7.05 Å². The molecule has 0 aliphatic heterocycles. The predicted molar refractivity (Wildman–Crippen MR) is 83.4 cm³/mol. The molecule has 0 radical (unpaired) electrons. The van der Waals surface area contributed by atoms with E-state index in [9.17, 15) is 4.79 Å². The van der Waals surface area contributed by atoms with Gasteiger partial charge in [-0.2, -0.15) is 0 Å². The van der Waals surface area contributed by atoms with Crippen LogP contribution in [0.3, 0.4) is 0 Å². The molecule has 0 unspecified atom stereocenters. The highest BCUT2D eigenvalue weighted by Crippen LogP contribution is 2.23. The number of pyridine rings is 1. The van der Waals surface area contributed by atoms with Gasteiger partial charge in [-0.25, -0.2) is 9.36 Å². The van der Waals surface area contributed by atoms with Crippen molar-refractivity contribution in [3.05, 3.63) is 59.2 Å². The lowest BCUT2D eigenvalue weighted by atomic mass is 10.1. The molecule has 22 heavy (non-hydrogen) atoms. The van der Waals surface area contributed by atoms with E-state index in [1.807, 2.05) is 79.4 Å². The maximum Gasteiger partial charge on any atom is 0.344 e. The molecule has 1 aromatic carbocycles. The second kappa shape index (κ2) is 6.32. The first-order valence-corrected chi connectivity index (χ1v) is 6.75. The van der Waals surface area contributed by atoms with Gasteiger partial charge in [0.25, 0.3) is 0 Å². The predicted octanol–water partition coefficient (Wildman–Crippen LogP) is -0.645. The molecule has 2 aromatic heterocycles. The number of halogens is 1. The molecule has 0 aliphatic carbocycles. The van der Waals surface area contributed by atoms with Gasteiger partial charge in [-0.3, -0.25) is 0 Å². The van der Waals surface area contributed by atoms with Gasteiger partial charge in [-0.1, -0.05) is 0 Å². The summed E-state index contributed by atoms with van der Waals surface area (Å²) in [4.78, 5) is 14.2. The van der Waals surface area contributed by atoms with Crippen molar-refractivity contribution in [2.45, 2.75) is 0 Å². The van der Waals surface area contributed by atoms with Crippen LogP contribution in [0, 0.1) is 0 Å². The summed E-state index contributed by atoms with van der Waals surface area (Å²) >= 11 is 0. The van der Waals surface area contributed by atoms with E-state index in [4.69, 9.17) is 4.42 Å². The maximum absolute atomic E-state index is 12.2. The number of rotatable bonds is 2. The first-order chi connectivity index (χ1) is 10.0. The molecule has 5 heteroatoms. The Morgan fingerprint density at radius 1 is 1.05 bits per heavy atom. The fourth-order valence-electron chi connectivity index (χ4n) is 2.26. The van der Waals surface area contributed by atoms with E-state index in [1.54, 1.807) is 0 Å². The fourth-order valence-corrected chi connectivity index (χ4v) is 2.26. The van der Waals surface area contributed by atoms with E-state index in [1.165, 1.54) is 0 Å². The Balaban J connectivity index is 0.00000176. The third-order valence-electron chi connectivity index (χ3n) is 3.53. The van der Waals surface area contributed by atoms with Crippen LogP contribution in [0.2, 0.25) is 0 Å². The van der Waals surface area contributed by atoms with E-state index in [-0.39, 0.29) is 22.6 Å². The van der Waals surface area contributed by atoms with Crippen molar-refractivity contribution in [3.8, 4) is 11.1 Å². The second-order valence-electron chi connectivity index (χ2n) is 5.32. The zero-order chi connectivity index (χ0) is 15.0. The highest BCUT2D eigenvalue weighted by atomic mass is 79.9. The molecule has 2 heterocycles. The van der Waals surface area contributed by atoms with Crippen molar-refractivity contribution < 1.29 is 26.0 Å². The van der Waals surface area contributed by atoms with E-state index >= 15 is 0 Å². The Kier molecular flexibility index (Phi) is 4.66. The average Bonchev–Trinajstić information content (AvgIpc) is 2.47. The number of aromatic nitrogens is 1. The van der Waals surface area contributed by atoms with Gasteiger partial charge in [-0.05, 0) is 18.2 Å². The van der Waals surface area contributed by atoms with Crippen molar-refractivity contribution >= 4 is 16.7 Å². The van der Waals surface area contributed by atoms with Crippen LogP contribution in [0.1, 0.15) is 0 Å². The second-order valence-corrected chi connectivity index (χ2v) is 5.32. The van der Waals surface area contributed by atoms with E-state index in [0.29, 0.717) is 11.1 Å². The number of aryl methyl sites for hydroxylation is 1. The van der Waals surface area contributed by atoms with Crippen LogP contribution < -0.4 is 32.1 Å². The Bertz CT molecular complexity index is 855. The minimum atomic E-state index is -0.313. The average molecular weight is 361 g/mol. The summed E-state index contributed by atoms with van der Waals surface area (Å²) in [6, 6.07) is 11.6. The molecule has 0 N–H and O–H groups in total. The van der Waals surface area contributed by atoms with Crippen LogP contribution in [-0.4, -0.2) is 14.1 Å². The molecular weight excluding hydrogens is 344 g/mol. The molecule has 0 bridgehead atoms. The Morgan fingerprint density at radius 2 is 1.73 bits per heavy atom. The lowest BCUT2D eigenvalue weighted by molar-refractivity contribution is -0.671. The molecule has 3 rings (SSSR count). The molecule has 0 saturated carbocycles. The quantitative estimate of drug-likeness (QED) is 0.450. The molecule has 4 nitrogen and oxygen atoms in total. The van der Waals surface area contributed by atoms with E-state index in [0.717, 1.165) is 16.6 Å². The molecule has 0 atom stereocenters. The molecule has 0 spiro atoms. The Morgan fingerprint density at radius 3 is 2.36 bits per heavy atom. The summed E-state index contributed by atoms with van der Waals surface area (Å²) in [5.74, 6) is 0. The van der Waals surface area contributed by atoms with Crippen LogP contribution >= 0.6 is 0 Å². The highest BCUT2D eigenvalue weighted by Gasteiger charge is 2.09. The molecular formula is C17H17BrN2O2. The fraction of sp³-hybridized carbons (Fsp3) is 0.176. The molecule has 3 aromatic rings. The van der Waals surface area contributed by atoms with Crippen LogP contribution in [0.15, 0.2) is 58.0 Å². The summed E-state index contributed by atoms with van der Waals surface area (Å²) in [6.07, 6.45) is 3.82. The number of hydrogen-bond donors (Lipinski definition) is 0. The summed E-state index contributed by atoms with van der Waals surface area (Å²) in [6.45, 7) is 0. The molecule has 114 valence electrons. The molecule has 0 amide bonds. The number of anilines is 1. The highest BCUT2D eigenvalue weighted by molar-refractivity contribution is 5.84. The van der Waals surface area contributed by atoms with Crippen molar-refractivity contribution in [3.63, 3.8) is 0 Å². The van der Waals surface area contributed by atoms with Gasteiger partial charge in [0.2, 0.25) is 0 Å².